The number of rotatable bonds is 5. The van der Waals surface area contributed by atoms with Crippen molar-refractivity contribution in [2.24, 2.45) is 0 Å². The monoisotopic (exact) mass is 605 g/mol. The molecule has 0 unspecified atom stereocenters. The number of hydrogen-bond acceptors (Lipinski definition) is 3. The second kappa shape index (κ2) is 11.0. The molecule has 0 aliphatic carbocycles. The molecule has 9 rings (SSSR count). The Labute approximate surface area is 270 Å². The quantitative estimate of drug-likeness (QED) is 0.195. The molecule has 0 radical (unpaired) electrons. The Morgan fingerprint density at radius 2 is 0.978 bits per heavy atom. The summed E-state index contributed by atoms with van der Waals surface area (Å²) in [4.78, 5) is 10.5. The molecule has 0 fully saturated rings. The summed E-state index contributed by atoms with van der Waals surface area (Å²) >= 11 is 1.85. The van der Waals surface area contributed by atoms with Crippen molar-refractivity contribution in [1.29, 1.82) is 0 Å². The van der Waals surface area contributed by atoms with Crippen LogP contribution in [-0.4, -0.2) is 14.5 Å². The highest BCUT2D eigenvalue weighted by Gasteiger charge is 2.22. The van der Waals surface area contributed by atoms with Gasteiger partial charge in [-0.2, -0.15) is 0 Å². The molecule has 46 heavy (non-hydrogen) atoms. The van der Waals surface area contributed by atoms with Gasteiger partial charge in [0.15, 0.2) is 5.82 Å². The predicted octanol–water partition coefficient (Wildman–Crippen LogP) is 11.5. The standard InChI is InChI=1S/C42H27N3S/c1-4-13-28(14-5-1)29-23-25-32(26-24-29)45-39-34(41-40(45)33-19-10-11-22-38(33)46-41)20-12-21-35(39)42-43-36(30-15-6-2-7-16-30)27-37(44-42)31-17-8-3-9-18-31/h1-27H. The summed E-state index contributed by atoms with van der Waals surface area (Å²) in [5, 5.41) is 2.46. The van der Waals surface area contributed by atoms with E-state index in [1.807, 2.05) is 23.5 Å². The maximum atomic E-state index is 5.23. The molecule has 0 N–H and O–H groups in total. The van der Waals surface area contributed by atoms with Gasteiger partial charge >= 0.3 is 0 Å². The van der Waals surface area contributed by atoms with Crippen LogP contribution in [0.4, 0.5) is 0 Å². The minimum atomic E-state index is 0.711. The number of aromatic nitrogens is 3. The Morgan fingerprint density at radius 1 is 0.435 bits per heavy atom. The second-order valence-corrected chi connectivity index (χ2v) is 12.5. The van der Waals surface area contributed by atoms with Crippen molar-refractivity contribution in [3.63, 3.8) is 0 Å². The van der Waals surface area contributed by atoms with Gasteiger partial charge < -0.3 is 4.57 Å². The van der Waals surface area contributed by atoms with Crippen LogP contribution in [0.3, 0.4) is 0 Å². The molecule has 6 aromatic carbocycles. The normalized spacial score (nSPS) is 11.5. The largest absolute Gasteiger partial charge is 0.307 e. The summed E-state index contributed by atoms with van der Waals surface area (Å²) in [5.41, 5.74) is 10.8. The molecule has 0 aliphatic rings. The van der Waals surface area contributed by atoms with E-state index in [0.29, 0.717) is 5.82 Å². The Bertz CT molecular complexity index is 2440. The molecule has 4 heteroatoms. The van der Waals surface area contributed by atoms with Crippen molar-refractivity contribution in [3.8, 4) is 50.7 Å². The minimum absolute atomic E-state index is 0.711. The molecular formula is C42H27N3S. The van der Waals surface area contributed by atoms with Crippen LogP contribution >= 0.6 is 11.3 Å². The number of hydrogen-bond donors (Lipinski definition) is 0. The third kappa shape index (κ3) is 4.42. The Morgan fingerprint density at radius 3 is 1.63 bits per heavy atom. The van der Waals surface area contributed by atoms with Crippen LogP contribution in [0, 0.1) is 0 Å². The zero-order valence-corrected chi connectivity index (χ0v) is 25.7. The molecule has 0 spiro atoms. The van der Waals surface area contributed by atoms with E-state index in [1.54, 1.807) is 0 Å². The summed E-state index contributed by atoms with van der Waals surface area (Å²) in [6.45, 7) is 0. The van der Waals surface area contributed by atoms with E-state index in [9.17, 15) is 0 Å². The number of nitrogens with zero attached hydrogens (tertiary/aromatic N) is 3. The van der Waals surface area contributed by atoms with Crippen LogP contribution in [0.1, 0.15) is 0 Å². The molecule has 216 valence electrons. The van der Waals surface area contributed by atoms with Gasteiger partial charge in [-0.1, -0.05) is 133 Å². The molecule has 3 nitrogen and oxygen atoms in total. The van der Waals surface area contributed by atoms with E-state index >= 15 is 0 Å². The first kappa shape index (κ1) is 26.6. The maximum absolute atomic E-state index is 5.23. The Balaban J connectivity index is 1.34. The Kier molecular flexibility index (Phi) is 6.32. The van der Waals surface area contributed by atoms with E-state index in [4.69, 9.17) is 9.97 Å². The third-order valence-electron chi connectivity index (χ3n) is 8.64. The van der Waals surface area contributed by atoms with Crippen molar-refractivity contribution in [2.75, 3.05) is 0 Å². The highest BCUT2D eigenvalue weighted by molar-refractivity contribution is 7.26. The molecule has 9 aromatic rings. The fourth-order valence-electron chi connectivity index (χ4n) is 6.47. The summed E-state index contributed by atoms with van der Waals surface area (Å²) in [5.74, 6) is 0.711. The second-order valence-electron chi connectivity index (χ2n) is 11.4. The molecule has 3 aromatic heterocycles. The van der Waals surface area contributed by atoms with Crippen LogP contribution in [0.2, 0.25) is 0 Å². The third-order valence-corrected chi connectivity index (χ3v) is 9.83. The lowest BCUT2D eigenvalue weighted by Crippen LogP contribution is -1.99. The van der Waals surface area contributed by atoms with Gasteiger partial charge in [-0.3, -0.25) is 0 Å². The first-order chi connectivity index (χ1) is 22.8. The predicted molar refractivity (Wildman–Crippen MR) is 193 cm³/mol. The van der Waals surface area contributed by atoms with Gasteiger partial charge in [-0.15, -0.1) is 11.3 Å². The zero-order valence-electron chi connectivity index (χ0n) is 24.8. The molecule has 0 bridgehead atoms. The molecule has 0 saturated carbocycles. The van der Waals surface area contributed by atoms with E-state index in [1.165, 1.54) is 36.8 Å². The lowest BCUT2D eigenvalue weighted by Gasteiger charge is -2.14. The average molecular weight is 606 g/mol. The first-order valence-electron chi connectivity index (χ1n) is 15.4. The minimum Gasteiger partial charge on any atom is -0.307 e. The fourth-order valence-corrected chi connectivity index (χ4v) is 7.68. The van der Waals surface area contributed by atoms with Crippen LogP contribution in [0.25, 0.3) is 81.9 Å². The van der Waals surface area contributed by atoms with Crippen LogP contribution in [-0.2, 0) is 0 Å². The zero-order chi connectivity index (χ0) is 30.5. The molecule has 0 amide bonds. The van der Waals surface area contributed by atoms with E-state index in [0.717, 1.165) is 39.3 Å². The molecule has 0 aliphatic heterocycles. The van der Waals surface area contributed by atoms with E-state index in [-0.39, 0.29) is 0 Å². The lowest BCUT2D eigenvalue weighted by atomic mass is 10.0. The van der Waals surface area contributed by atoms with Gasteiger partial charge in [0.1, 0.15) is 0 Å². The van der Waals surface area contributed by atoms with Crippen molar-refractivity contribution < 1.29 is 0 Å². The van der Waals surface area contributed by atoms with Gasteiger partial charge in [0.05, 0.1) is 27.1 Å². The fraction of sp³-hybridized carbons (Fsp3) is 0. The summed E-state index contributed by atoms with van der Waals surface area (Å²) in [7, 11) is 0. The van der Waals surface area contributed by atoms with Gasteiger partial charge in [0.2, 0.25) is 0 Å². The van der Waals surface area contributed by atoms with Crippen molar-refractivity contribution in [3.05, 3.63) is 164 Å². The number of thiophene rings is 1. The van der Waals surface area contributed by atoms with Gasteiger partial charge in [0, 0.05) is 37.9 Å². The van der Waals surface area contributed by atoms with Crippen LogP contribution in [0.5, 0.6) is 0 Å². The van der Waals surface area contributed by atoms with Gasteiger partial charge in [-0.05, 0) is 41.5 Å². The van der Waals surface area contributed by atoms with E-state index in [2.05, 4.69) is 156 Å². The average Bonchev–Trinajstić information content (AvgIpc) is 3.68. The van der Waals surface area contributed by atoms with Gasteiger partial charge in [0.25, 0.3) is 0 Å². The number of para-hydroxylation sites is 1. The van der Waals surface area contributed by atoms with Crippen molar-refractivity contribution >= 4 is 42.5 Å². The molecular weight excluding hydrogens is 579 g/mol. The smallest absolute Gasteiger partial charge is 0.162 e. The maximum Gasteiger partial charge on any atom is 0.162 e. The highest BCUT2D eigenvalue weighted by atomic mass is 32.1. The first-order valence-corrected chi connectivity index (χ1v) is 16.2. The summed E-state index contributed by atoms with van der Waals surface area (Å²) < 4.78 is 4.98. The lowest BCUT2D eigenvalue weighted by molar-refractivity contribution is 1.16. The topological polar surface area (TPSA) is 30.7 Å². The molecule has 3 heterocycles. The van der Waals surface area contributed by atoms with Crippen molar-refractivity contribution in [1.82, 2.24) is 14.5 Å². The van der Waals surface area contributed by atoms with Crippen LogP contribution in [0.15, 0.2) is 164 Å². The summed E-state index contributed by atoms with van der Waals surface area (Å²) in [6.07, 6.45) is 0. The molecule has 0 atom stereocenters. The highest BCUT2D eigenvalue weighted by Crippen LogP contribution is 2.45. The van der Waals surface area contributed by atoms with E-state index < -0.39 is 0 Å². The van der Waals surface area contributed by atoms with Crippen LogP contribution < -0.4 is 0 Å². The van der Waals surface area contributed by atoms with Gasteiger partial charge in [-0.25, -0.2) is 9.97 Å². The SMILES string of the molecule is c1ccc(-c2ccc(-n3c4c(-c5nc(-c6ccccc6)cc(-c6ccccc6)n5)cccc4c4sc5ccccc5c43)cc2)cc1. The van der Waals surface area contributed by atoms with Crippen molar-refractivity contribution in [2.45, 2.75) is 0 Å². The molecule has 0 saturated heterocycles. The summed E-state index contributed by atoms with van der Waals surface area (Å²) in [6, 6.07) is 57.6. The number of fused-ring (bicyclic) bond motifs is 5. The Hall–Kier alpha value is -5.84. The number of benzene rings is 6.